The number of carboxylic acids is 2. The lowest BCUT2D eigenvalue weighted by Crippen LogP contribution is -2.36. The summed E-state index contributed by atoms with van der Waals surface area (Å²) in [5.74, 6) is -4.58. The van der Waals surface area contributed by atoms with Crippen LogP contribution in [-0.4, -0.2) is 59.1 Å². The second-order valence-electron chi connectivity index (χ2n) is 9.88. The molecule has 0 saturated heterocycles. The maximum atomic E-state index is 13.6. The molecular weight excluding hydrogens is 538 g/mol. The molecule has 0 saturated carbocycles. The van der Waals surface area contributed by atoms with E-state index in [0.717, 1.165) is 23.3 Å². The number of carbonyl (C=O) groups is 3. The molecule has 3 N–H and O–H groups in total. The van der Waals surface area contributed by atoms with Crippen molar-refractivity contribution in [1.29, 1.82) is 0 Å². The number of amides is 1. The van der Waals surface area contributed by atoms with Crippen LogP contribution in [0.5, 0.6) is 0 Å². The molecule has 1 aliphatic rings. The Bertz CT molecular complexity index is 1690. The van der Waals surface area contributed by atoms with Gasteiger partial charge in [-0.25, -0.2) is 18.6 Å². The Hall–Kier alpha value is -4.78. The summed E-state index contributed by atoms with van der Waals surface area (Å²) < 4.78 is 28.3. The highest BCUT2D eigenvalue weighted by Gasteiger charge is 2.35. The molecule has 1 amide bonds. The maximum Gasteiger partial charge on any atom is 0.335 e. The molecule has 0 radical (unpaired) electrons. The van der Waals surface area contributed by atoms with Crippen LogP contribution >= 0.6 is 0 Å². The fourth-order valence-electron chi connectivity index (χ4n) is 5.45. The Morgan fingerprint density at radius 3 is 2.63 bits per heavy atom. The smallest absolute Gasteiger partial charge is 0.335 e. The van der Waals surface area contributed by atoms with Crippen LogP contribution in [-0.2, 0) is 17.8 Å². The van der Waals surface area contributed by atoms with E-state index in [4.69, 9.17) is 0 Å². The van der Waals surface area contributed by atoms with Crippen molar-refractivity contribution in [3.63, 3.8) is 0 Å². The molecule has 13 heteroatoms. The fraction of sp³-hybridized carbons (Fsp3) is 0.286. The summed E-state index contributed by atoms with van der Waals surface area (Å²) in [6.07, 6.45) is 2.43. The number of carbonyl (C=O) groups excluding carboxylic acids is 1. The molecule has 1 aliphatic carbocycles. The van der Waals surface area contributed by atoms with Crippen molar-refractivity contribution in [3.05, 3.63) is 93.6 Å². The molecule has 1 unspecified atom stereocenters. The molecule has 2 atom stereocenters. The predicted molar refractivity (Wildman–Crippen MR) is 140 cm³/mol. The second kappa shape index (κ2) is 11.0. The van der Waals surface area contributed by atoms with Gasteiger partial charge in [0.05, 0.1) is 23.8 Å². The van der Waals surface area contributed by atoms with E-state index in [0.29, 0.717) is 29.7 Å². The molecule has 2 heterocycles. The Labute approximate surface area is 232 Å². The van der Waals surface area contributed by atoms with E-state index in [-0.39, 0.29) is 36.2 Å². The van der Waals surface area contributed by atoms with Crippen LogP contribution in [0.25, 0.3) is 5.78 Å². The van der Waals surface area contributed by atoms with Gasteiger partial charge in [0.15, 0.2) is 11.6 Å². The Balaban J connectivity index is 1.48. The SMILES string of the molecule is Cc1c(C(=O)O)ccc2c1CC[C@@H]2N(CC(=O)O)C(C)c1cc(C(=O)NCc2ccc(F)c(F)c2)nc2ncnn12. The number of nitrogens with one attached hydrogen (secondary N) is 1. The van der Waals surface area contributed by atoms with E-state index in [2.05, 4.69) is 20.4 Å². The van der Waals surface area contributed by atoms with Crippen LogP contribution in [0, 0.1) is 18.6 Å². The Kier molecular flexibility index (Phi) is 7.45. The zero-order valence-electron chi connectivity index (χ0n) is 22.1. The molecule has 0 spiro atoms. The van der Waals surface area contributed by atoms with E-state index in [1.165, 1.54) is 29.0 Å². The van der Waals surface area contributed by atoms with Crippen molar-refractivity contribution in [2.24, 2.45) is 0 Å². The number of fused-ring (bicyclic) bond motifs is 2. The predicted octanol–water partition coefficient (Wildman–Crippen LogP) is 3.47. The molecule has 0 aliphatic heterocycles. The van der Waals surface area contributed by atoms with Gasteiger partial charge in [0.1, 0.15) is 12.0 Å². The van der Waals surface area contributed by atoms with Crippen LogP contribution in [0.15, 0.2) is 42.7 Å². The van der Waals surface area contributed by atoms with E-state index >= 15 is 0 Å². The van der Waals surface area contributed by atoms with Gasteiger partial charge in [0.2, 0.25) is 0 Å². The molecule has 5 rings (SSSR count). The molecule has 0 bridgehead atoms. The van der Waals surface area contributed by atoms with Gasteiger partial charge in [0, 0.05) is 12.6 Å². The van der Waals surface area contributed by atoms with E-state index in [1.807, 2.05) is 0 Å². The Morgan fingerprint density at radius 2 is 1.93 bits per heavy atom. The van der Waals surface area contributed by atoms with Crippen molar-refractivity contribution in [2.45, 2.75) is 45.3 Å². The minimum Gasteiger partial charge on any atom is -0.480 e. The lowest BCUT2D eigenvalue weighted by Gasteiger charge is -2.34. The summed E-state index contributed by atoms with van der Waals surface area (Å²) in [4.78, 5) is 46.8. The highest BCUT2D eigenvalue weighted by Crippen LogP contribution is 2.41. The number of halogens is 2. The summed E-state index contributed by atoms with van der Waals surface area (Å²) in [7, 11) is 0. The standard InChI is InChI=1S/C28H26F2N6O5/c1-14-17-6-8-23(19(17)5-4-18(14)27(40)41)35(12-25(37)38)15(2)24-10-22(34-28-32-13-33-36(24)28)26(39)31-11-16-3-7-20(29)21(30)9-16/h3-5,7,9-10,13,15,23H,6,8,11-12H2,1-2H3,(H,31,39)(H,37,38)(H,40,41)/t15?,23-/m0/s1. The monoisotopic (exact) mass is 564 g/mol. The first-order valence-electron chi connectivity index (χ1n) is 12.8. The molecule has 2 aromatic carbocycles. The number of aromatic nitrogens is 4. The van der Waals surface area contributed by atoms with Gasteiger partial charge in [0.25, 0.3) is 11.7 Å². The zero-order valence-corrected chi connectivity index (χ0v) is 22.1. The third-order valence-corrected chi connectivity index (χ3v) is 7.48. The third-order valence-electron chi connectivity index (χ3n) is 7.48. The lowest BCUT2D eigenvalue weighted by atomic mass is 9.97. The second-order valence-corrected chi connectivity index (χ2v) is 9.88. The van der Waals surface area contributed by atoms with Crippen molar-refractivity contribution in [3.8, 4) is 0 Å². The van der Waals surface area contributed by atoms with E-state index < -0.39 is 35.5 Å². The molecule has 11 nitrogen and oxygen atoms in total. The van der Waals surface area contributed by atoms with Crippen LogP contribution in [0.2, 0.25) is 0 Å². The van der Waals surface area contributed by atoms with Gasteiger partial charge in [-0.05, 0) is 73.2 Å². The van der Waals surface area contributed by atoms with Crippen molar-refractivity contribution >= 4 is 23.6 Å². The lowest BCUT2D eigenvalue weighted by molar-refractivity contribution is -0.139. The summed E-state index contributed by atoms with van der Waals surface area (Å²) in [6, 6.07) is 7.15. The first-order chi connectivity index (χ1) is 19.5. The molecule has 212 valence electrons. The van der Waals surface area contributed by atoms with Crippen molar-refractivity contribution in [1.82, 2.24) is 29.8 Å². The summed E-state index contributed by atoms with van der Waals surface area (Å²) in [5, 5.41) is 26.2. The van der Waals surface area contributed by atoms with Crippen LogP contribution in [0.4, 0.5) is 8.78 Å². The quantitative estimate of drug-likeness (QED) is 0.278. The first-order valence-corrected chi connectivity index (χ1v) is 12.8. The average Bonchev–Trinajstić information content (AvgIpc) is 3.59. The number of hydrogen-bond acceptors (Lipinski definition) is 7. The zero-order chi connectivity index (χ0) is 29.4. The van der Waals surface area contributed by atoms with Gasteiger partial charge >= 0.3 is 11.9 Å². The van der Waals surface area contributed by atoms with Crippen LogP contribution in [0.1, 0.15) is 74.2 Å². The largest absolute Gasteiger partial charge is 0.480 e. The van der Waals surface area contributed by atoms with Gasteiger partial charge < -0.3 is 15.5 Å². The normalized spacial score (nSPS) is 15.2. The third kappa shape index (κ3) is 5.35. The highest BCUT2D eigenvalue weighted by molar-refractivity contribution is 5.92. The highest BCUT2D eigenvalue weighted by atomic mass is 19.2. The van der Waals surface area contributed by atoms with Gasteiger partial charge in [-0.15, -0.1) is 0 Å². The Morgan fingerprint density at radius 1 is 1.15 bits per heavy atom. The summed E-state index contributed by atoms with van der Waals surface area (Å²) in [5.41, 5.74) is 3.40. The number of aromatic carboxylic acids is 1. The first kappa shape index (κ1) is 27.8. The molecule has 0 fully saturated rings. The number of rotatable bonds is 9. The van der Waals surface area contributed by atoms with Gasteiger partial charge in [-0.1, -0.05) is 12.1 Å². The summed E-state index contributed by atoms with van der Waals surface area (Å²) >= 11 is 0. The minimum atomic E-state index is -1.06. The summed E-state index contributed by atoms with van der Waals surface area (Å²) in [6.45, 7) is 3.13. The van der Waals surface area contributed by atoms with Gasteiger partial charge in [-0.3, -0.25) is 14.5 Å². The molecular formula is C28H26F2N6O5. The fourth-order valence-corrected chi connectivity index (χ4v) is 5.45. The molecule has 2 aromatic heterocycles. The topological polar surface area (TPSA) is 150 Å². The van der Waals surface area contributed by atoms with Crippen molar-refractivity contribution < 1.29 is 33.4 Å². The maximum absolute atomic E-state index is 13.6. The number of nitrogens with zero attached hydrogens (tertiary/aromatic N) is 5. The van der Waals surface area contributed by atoms with E-state index in [1.54, 1.807) is 24.8 Å². The van der Waals surface area contributed by atoms with Crippen molar-refractivity contribution in [2.75, 3.05) is 6.54 Å². The van der Waals surface area contributed by atoms with E-state index in [9.17, 15) is 33.4 Å². The number of aliphatic carboxylic acids is 1. The number of hydrogen-bond donors (Lipinski definition) is 3. The number of benzene rings is 2. The van der Waals surface area contributed by atoms with Crippen LogP contribution in [0.3, 0.4) is 0 Å². The average molecular weight is 565 g/mol. The van der Waals surface area contributed by atoms with Gasteiger partial charge in [-0.2, -0.15) is 14.6 Å². The number of carboxylic acid groups (broad SMARTS) is 2. The molecule has 4 aromatic rings. The molecule has 41 heavy (non-hydrogen) atoms. The van der Waals surface area contributed by atoms with Crippen LogP contribution < -0.4 is 5.32 Å². The minimum absolute atomic E-state index is 0.0148.